The van der Waals surface area contributed by atoms with Crippen LogP contribution in [0.25, 0.3) is 16.8 Å². The fraction of sp³-hybridized carbons (Fsp3) is 0.250. The fourth-order valence-electron chi connectivity index (χ4n) is 3.07. The lowest BCUT2D eigenvalue weighted by Gasteiger charge is -2.06. The predicted octanol–water partition coefficient (Wildman–Crippen LogP) is 5.15. The summed E-state index contributed by atoms with van der Waals surface area (Å²) in [6, 6.07) is 5.56. The van der Waals surface area contributed by atoms with Crippen LogP contribution in [0.4, 0.5) is 0 Å². The van der Waals surface area contributed by atoms with Gasteiger partial charge in [0.05, 0.1) is 15.7 Å². The molecule has 2 aromatic heterocycles. The van der Waals surface area contributed by atoms with Crippen LogP contribution in [0.5, 0.6) is 0 Å². The van der Waals surface area contributed by atoms with Crippen molar-refractivity contribution >= 4 is 40.4 Å². The van der Waals surface area contributed by atoms with E-state index in [4.69, 9.17) is 39.8 Å². The number of aromatic nitrogens is 3. The van der Waals surface area contributed by atoms with Gasteiger partial charge in [-0.2, -0.15) is 5.10 Å². The fourth-order valence-corrected chi connectivity index (χ4v) is 3.69. The average molecular weight is 353 g/mol. The normalized spacial score (nSPS) is 13.8. The van der Waals surface area contributed by atoms with Crippen LogP contribution in [-0.2, 0) is 12.8 Å². The third-order valence-corrected chi connectivity index (χ3v) is 5.24. The summed E-state index contributed by atoms with van der Waals surface area (Å²) in [4.78, 5) is 4.81. The number of hydrogen-bond donors (Lipinski definition) is 0. The highest BCUT2D eigenvalue weighted by Crippen LogP contribution is 2.35. The first-order chi connectivity index (χ1) is 10.6. The molecule has 0 bridgehead atoms. The van der Waals surface area contributed by atoms with Gasteiger partial charge in [-0.15, -0.1) is 0 Å². The Morgan fingerprint density at radius 2 is 1.91 bits per heavy atom. The number of aryl methyl sites for hydroxylation is 2. The van der Waals surface area contributed by atoms with Crippen LogP contribution in [0.2, 0.25) is 15.2 Å². The number of halogens is 3. The van der Waals surface area contributed by atoms with E-state index in [0.29, 0.717) is 15.2 Å². The summed E-state index contributed by atoms with van der Waals surface area (Å²) in [5, 5.41) is 6.29. The molecule has 3 aromatic rings. The van der Waals surface area contributed by atoms with Crippen molar-refractivity contribution in [2.75, 3.05) is 0 Å². The maximum atomic E-state index is 6.53. The number of fused-ring (bicyclic) bond motifs is 2. The second-order valence-corrected chi connectivity index (χ2v) is 6.68. The van der Waals surface area contributed by atoms with Crippen LogP contribution < -0.4 is 0 Å². The molecule has 1 aromatic carbocycles. The summed E-state index contributed by atoms with van der Waals surface area (Å²) in [6.45, 7) is 1.95. The summed E-state index contributed by atoms with van der Waals surface area (Å²) in [6.07, 6.45) is 3.03. The lowest BCUT2D eigenvalue weighted by molar-refractivity contribution is 0.896. The molecule has 112 valence electrons. The Kier molecular flexibility index (Phi) is 3.33. The molecule has 2 heterocycles. The van der Waals surface area contributed by atoms with Gasteiger partial charge in [-0.05, 0) is 43.9 Å². The zero-order valence-electron chi connectivity index (χ0n) is 11.8. The van der Waals surface area contributed by atoms with Gasteiger partial charge < -0.3 is 0 Å². The molecular weight excluding hydrogens is 341 g/mol. The summed E-state index contributed by atoms with van der Waals surface area (Å²) in [7, 11) is 0. The summed E-state index contributed by atoms with van der Waals surface area (Å²) in [5.74, 6) is 0. The van der Waals surface area contributed by atoms with Crippen LogP contribution >= 0.6 is 34.8 Å². The zero-order chi connectivity index (χ0) is 15.4. The third-order valence-electron chi connectivity index (χ3n) is 4.11. The van der Waals surface area contributed by atoms with Gasteiger partial charge in [-0.3, -0.25) is 0 Å². The Hall–Kier alpha value is -1.29. The first kappa shape index (κ1) is 14.3. The molecule has 0 saturated carbocycles. The molecule has 0 atom stereocenters. The molecule has 0 amide bonds. The number of rotatable bonds is 1. The largest absolute Gasteiger partial charge is 0.233 e. The van der Waals surface area contributed by atoms with Gasteiger partial charge in [0.2, 0.25) is 0 Å². The van der Waals surface area contributed by atoms with Crippen LogP contribution in [0.1, 0.15) is 23.4 Å². The molecule has 4 rings (SSSR count). The van der Waals surface area contributed by atoms with E-state index >= 15 is 0 Å². The van der Waals surface area contributed by atoms with Crippen molar-refractivity contribution in [2.45, 2.75) is 26.2 Å². The van der Waals surface area contributed by atoms with E-state index in [1.54, 1.807) is 10.6 Å². The predicted molar refractivity (Wildman–Crippen MR) is 90.2 cm³/mol. The molecule has 0 saturated heterocycles. The molecule has 22 heavy (non-hydrogen) atoms. The molecule has 0 spiro atoms. The minimum Gasteiger partial charge on any atom is -0.233 e. The van der Waals surface area contributed by atoms with Crippen molar-refractivity contribution in [2.24, 2.45) is 0 Å². The van der Waals surface area contributed by atoms with E-state index in [1.807, 2.05) is 19.1 Å². The monoisotopic (exact) mass is 351 g/mol. The second kappa shape index (κ2) is 5.12. The van der Waals surface area contributed by atoms with Crippen molar-refractivity contribution in [1.29, 1.82) is 0 Å². The van der Waals surface area contributed by atoms with Gasteiger partial charge in [0.15, 0.2) is 5.65 Å². The standard InChI is InChI=1S/C16H12Cl3N3/c1-8-14(9-5-6-11(17)12(18)7-9)16-20-13-4-2-3-10(13)15(19)22(16)21-8/h5-7H,2-4H2,1H3. The Labute approximate surface area is 142 Å². The first-order valence-corrected chi connectivity index (χ1v) is 8.21. The SMILES string of the molecule is Cc1nn2c(Cl)c3c(nc2c1-c1ccc(Cl)c(Cl)c1)CCC3. The highest BCUT2D eigenvalue weighted by Gasteiger charge is 2.23. The average Bonchev–Trinajstić information content (AvgIpc) is 3.07. The van der Waals surface area contributed by atoms with Gasteiger partial charge in [0.25, 0.3) is 0 Å². The topological polar surface area (TPSA) is 30.2 Å². The molecule has 0 fully saturated rings. The molecule has 1 aliphatic rings. The molecule has 6 heteroatoms. The number of nitrogens with zero attached hydrogens (tertiary/aromatic N) is 3. The van der Waals surface area contributed by atoms with Crippen LogP contribution in [0, 0.1) is 6.92 Å². The second-order valence-electron chi connectivity index (χ2n) is 5.51. The van der Waals surface area contributed by atoms with Crippen molar-refractivity contribution in [3.8, 4) is 11.1 Å². The quantitative estimate of drug-likeness (QED) is 0.567. The van der Waals surface area contributed by atoms with Gasteiger partial charge in [0, 0.05) is 16.8 Å². The van der Waals surface area contributed by atoms with Gasteiger partial charge in [0.1, 0.15) is 5.15 Å². The molecule has 0 unspecified atom stereocenters. The Morgan fingerprint density at radius 1 is 1.09 bits per heavy atom. The van der Waals surface area contributed by atoms with E-state index in [9.17, 15) is 0 Å². The van der Waals surface area contributed by atoms with E-state index < -0.39 is 0 Å². The van der Waals surface area contributed by atoms with Crippen molar-refractivity contribution in [1.82, 2.24) is 14.6 Å². The maximum absolute atomic E-state index is 6.53. The third kappa shape index (κ3) is 2.03. The lowest BCUT2D eigenvalue weighted by Crippen LogP contribution is -1.99. The highest BCUT2D eigenvalue weighted by molar-refractivity contribution is 6.42. The molecule has 0 aliphatic heterocycles. The highest BCUT2D eigenvalue weighted by atomic mass is 35.5. The van der Waals surface area contributed by atoms with E-state index in [2.05, 4.69) is 5.10 Å². The van der Waals surface area contributed by atoms with Gasteiger partial charge >= 0.3 is 0 Å². The van der Waals surface area contributed by atoms with Crippen LogP contribution in [0.3, 0.4) is 0 Å². The zero-order valence-corrected chi connectivity index (χ0v) is 14.1. The number of benzene rings is 1. The first-order valence-electron chi connectivity index (χ1n) is 7.08. The minimum atomic E-state index is 0.519. The lowest BCUT2D eigenvalue weighted by atomic mass is 10.1. The van der Waals surface area contributed by atoms with Crippen molar-refractivity contribution in [3.63, 3.8) is 0 Å². The molecule has 1 aliphatic carbocycles. The summed E-state index contributed by atoms with van der Waals surface area (Å²) >= 11 is 18.7. The number of hydrogen-bond acceptors (Lipinski definition) is 2. The van der Waals surface area contributed by atoms with E-state index in [0.717, 1.165) is 53.0 Å². The molecule has 0 radical (unpaired) electrons. The van der Waals surface area contributed by atoms with E-state index in [1.165, 1.54) is 0 Å². The Balaban J connectivity index is 2.03. The van der Waals surface area contributed by atoms with E-state index in [-0.39, 0.29) is 0 Å². The minimum absolute atomic E-state index is 0.519. The molecule has 0 N–H and O–H groups in total. The molecule has 3 nitrogen and oxygen atoms in total. The van der Waals surface area contributed by atoms with Crippen molar-refractivity contribution in [3.05, 3.63) is 50.3 Å². The van der Waals surface area contributed by atoms with Gasteiger partial charge in [-0.25, -0.2) is 9.50 Å². The summed E-state index contributed by atoms with van der Waals surface area (Å²) in [5.41, 5.74) is 5.76. The van der Waals surface area contributed by atoms with Crippen molar-refractivity contribution < 1.29 is 0 Å². The smallest absolute Gasteiger partial charge is 0.165 e. The summed E-state index contributed by atoms with van der Waals surface area (Å²) < 4.78 is 1.74. The maximum Gasteiger partial charge on any atom is 0.165 e. The Morgan fingerprint density at radius 3 is 2.68 bits per heavy atom. The van der Waals surface area contributed by atoms with Gasteiger partial charge in [-0.1, -0.05) is 40.9 Å². The van der Waals surface area contributed by atoms with Crippen LogP contribution in [0.15, 0.2) is 18.2 Å². The Bertz CT molecular complexity index is 915. The molecular formula is C16H12Cl3N3. The van der Waals surface area contributed by atoms with Crippen LogP contribution in [-0.4, -0.2) is 14.6 Å².